The third-order valence-corrected chi connectivity index (χ3v) is 11.5. The molecule has 0 saturated carbocycles. The highest BCUT2D eigenvalue weighted by molar-refractivity contribution is 7.99. The first-order valence-corrected chi connectivity index (χ1v) is 20.5. The number of anilines is 1. The summed E-state index contributed by atoms with van der Waals surface area (Å²) < 4.78 is 44.7. The van der Waals surface area contributed by atoms with Crippen LogP contribution < -0.4 is 14.8 Å². The molecular formula is C41H43N2O4S3+. The fourth-order valence-corrected chi connectivity index (χ4v) is 8.80. The maximum Gasteiger partial charge on any atom is 0.295 e. The van der Waals surface area contributed by atoms with Crippen molar-refractivity contribution in [2.75, 3.05) is 42.6 Å². The van der Waals surface area contributed by atoms with Crippen molar-refractivity contribution in [2.45, 2.75) is 41.4 Å². The number of hydrogen-bond donors (Lipinski definition) is 1. The van der Waals surface area contributed by atoms with Gasteiger partial charge in [0.15, 0.2) is 6.54 Å². The van der Waals surface area contributed by atoms with E-state index in [-0.39, 0.29) is 4.90 Å². The minimum absolute atomic E-state index is 0.127. The average molecular weight is 724 g/mol. The first-order chi connectivity index (χ1) is 24.4. The van der Waals surface area contributed by atoms with Crippen LogP contribution in [0.2, 0.25) is 0 Å². The van der Waals surface area contributed by atoms with Crippen LogP contribution in [0.4, 0.5) is 5.69 Å². The smallest absolute Gasteiger partial charge is 0.295 e. The number of benzene rings is 5. The maximum atomic E-state index is 12.7. The molecule has 1 aliphatic heterocycles. The Kier molecular flexibility index (Phi) is 12.0. The van der Waals surface area contributed by atoms with Gasteiger partial charge in [-0.1, -0.05) is 68.4 Å². The molecule has 0 atom stereocenters. The first kappa shape index (κ1) is 35.8. The molecule has 258 valence electrons. The van der Waals surface area contributed by atoms with Crippen molar-refractivity contribution in [1.29, 1.82) is 0 Å². The van der Waals surface area contributed by atoms with Crippen LogP contribution in [0.15, 0.2) is 140 Å². The summed E-state index contributed by atoms with van der Waals surface area (Å²) in [6.45, 7) is 7.88. The fourth-order valence-electron chi connectivity index (χ4n) is 6.31. The van der Waals surface area contributed by atoms with E-state index in [1.54, 1.807) is 18.2 Å². The van der Waals surface area contributed by atoms with E-state index in [0.717, 1.165) is 78.1 Å². The SMILES string of the molecule is CCCN(CCSc1ccccc1)c1ccc2c(-c3ccccc3S(=O)(=O)O)c3ccc(=[N+](CCC)CCSc4ccccc4)cc-3oc2c1. The monoisotopic (exact) mass is 723 g/mol. The number of thioether (sulfide) groups is 2. The zero-order chi connectivity index (χ0) is 34.9. The van der Waals surface area contributed by atoms with Crippen molar-refractivity contribution in [1.82, 2.24) is 4.58 Å². The highest BCUT2D eigenvalue weighted by atomic mass is 32.2. The molecule has 4 aromatic rings. The van der Waals surface area contributed by atoms with Gasteiger partial charge < -0.3 is 9.32 Å². The molecular weight excluding hydrogens is 681 g/mol. The summed E-state index contributed by atoms with van der Waals surface area (Å²) >= 11 is 3.68. The summed E-state index contributed by atoms with van der Waals surface area (Å²) in [5, 5.41) is 1.83. The van der Waals surface area contributed by atoms with E-state index in [4.69, 9.17) is 4.42 Å². The molecule has 0 unspecified atom stereocenters. The molecule has 1 heterocycles. The maximum absolute atomic E-state index is 12.7. The van der Waals surface area contributed by atoms with Crippen molar-refractivity contribution in [3.05, 3.63) is 127 Å². The van der Waals surface area contributed by atoms with Gasteiger partial charge in [0.25, 0.3) is 10.1 Å². The van der Waals surface area contributed by atoms with E-state index >= 15 is 0 Å². The van der Waals surface area contributed by atoms with Crippen LogP contribution in [-0.4, -0.2) is 50.7 Å². The average Bonchev–Trinajstić information content (AvgIpc) is 3.13. The summed E-state index contributed by atoms with van der Waals surface area (Å²) in [5.74, 6) is 2.53. The zero-order valence-electron chi connectivity index (χ0n) is 28.5. The van der Waals surface area contributed by atoms with Crippen LogP contribution in [0, 0.1) is 0 Å². The predicted octanol–water partition coefficient (Wildman–Crippen LogP) is 9.43. The van der Waals surface area contributed by atoms with Gasteiger partial charge in [-0.15, -0.1) is 23.5 Å². The highest BCUT2D eigenvalue weighted by Gasteiger charge is 2.24. The molecule has 1 aliphatic carbocycles. The summed E-state index contributed by atoms with van der Waals surface area (Å²) in [6.07, 6.45) is 1.99. The third kappa shape index (κ3) is 8.64. The van der Waals surface area contributed by atoms with E-state index in [1.807, 2.05) is 47.8 Å². The quantitative estimate of drug-likeness (QED) is 0.0490. The molecule has 2 aliphatic rings. The Hall–Kier alpha value is -4.02. The summed E-state index contributed by atoms with van der Waals surface area (Å²) in [4.78, 5) is 4.75. The second-order valence-corrected chi connectivity index (χ2v) is 15.8. The van der Waals surface area contributed by atoms with Crippen LogP contribution in [0.5, 0.6) is 0 Å². The largest absolute Gasteiger partial charge is 0.456 e. The molecule has 0 amide bonds. The number of rotatable bonds is 15. The summed E-state index contributed by atoms with van der Waals surface area (Å²) in [6, 6.07) is 39.9. The van der Waals surface area contributed by atoms with Crippen molar-refractivity contribution in [3.8, 4) is 22.5 Å². The van der Waals surface area contributed by atoms with E-state index in [9.17, 15) is 13.0 Å². The van der Waals surface area contributed by atoms with Gasteiger partial charge in [-0.25, -0.2) is 4.58 Å². The molecule has 1 N–H and O–H groups in total. The summed E-state index contributed by atoms with van der Waals surface area (Å²) in [7, 11) is -4.49. The number of nitrogens with zero attached hydrogens (tertiary/aromatic N) is 2. The van der Waals surface area contributed by atoms with Crippen LogP contribution in [0.1, 0.15) is 26.7 Å². The lowest BCUT2D eigenvalue weighted by atomic mass is 9.93. The van der Waals surface area contributed by atoms with E-state index in [0.29, 0.717) is 16.9 Å². The molecule has 0 fully saturated rings. The van der Waals surface area contributed by atoms with Gasteiger partial charge in [0.05, 0.1) is 11.8 Å². The second-order valence-electron chi connectivity index (χ2n) is 12.1. The molecule has 0 saturated heterocycles. The Morgan fingerprint density at radius 3 is 2.06 bits per heavy atom. The minimum atomic E-state index is -4.49. The molecule has 9 heteroatoms. The van der Waals surface area contributed by atoms with E-state index < -0.39 is 10.1 Å². The van der Waals surface area contributed by atoms with Crippen LogP contribution >= 0.6 is 23.5 Å². The lowest BCUT2D eigenvalue weighted by Crippen LogP contribution is -2.32. The minimum Gasteiger partial charge on any atom is -0.456 e. The Labute approximate surface area is 304 Å². The molecule has 0 aromatic heterocycles. The predicted molar refractivity (Wildman–Crippen MR) is 210 cm³/mol. The lowest BCUT2D eigenvalue weighted by molar-refractivity contribution is 0.483. The Balaban J connectivity index is 1.46. The standard InChI is InChI=1S/C41H42N2O4S3/c1-3-23-42(25-27-48-33-13-7-5-8-14-33)31-19-21-35-38(29-31)47-39-30-32(43(24-4-2)26-28-49-34-15-9-6-10-16-34)20-22-36(39)41(35)37-17-11-12-18-40(37)50(44,45)46/h5-22,29-30H,3-4,23-28H2,1-2H3/p+1. The number of hydrogen-bond acceptors (Lipinski definition) is 6. The van der Waals surface area contributed by atoms with Crippen molar-refractivity contribution in [3.63, 3.8) is 0 Å². The summed E-state index contributed by atoms with van der Waals surface area (Å²) in [5.41, 5.74) is 3.65. The molecule has 6 nitrogen and oxygen atoms in total. The van der Waals surface area contributed by atoms with Crippen molar-refractivity contribution < 1.29 is 17.4 Å². The Bertz CT molecular complexity index is 2190. The molecule has 0 radical (unpaired) electrons. The van der Waals surface area contributed by atoms with E-state index in [1.165, 1.54) is 15.9 Å². The van der Waals surface area contributed by atoms with E-state index in [2.05, 4.69) is 96.1 Å². The van der Waals surface area contributed by atoms with Crippen LogP contribution in [-0.2, 0) is 10.1 Å². The second kappa shape index (κ2) is 16.8. The van der Waals surface area contributed by atoms with Gasteiger partial charge in [0.1, 0.15) is 22.8 Å². The molecule has 4 aromatic carbocycles. The van der Waals surface area contributed by atoms with Gasteiger partial charge in [0.2, 0.25) is 5.36 Å². The van der Waals surface area contributed by atoms with Gasteiger partial charge in [-0.2, -0.15) is 8.42 Å². The topological polar surface area (TPSA) is 73.8 Å². The molecule has 0 spiro atoms. The first-order valence-electron chi connectivity index (χ1n) is 17.1. The molecule has 6 rings (SSSR count). The Morgan fingerprint density at radius 2 is 1.38 bits per heavy atom. The Morgan fingerprint density at radius 1 is 0.700 bits per heavy atom. The fraction of sp³-hybridized carbons (Fsp3) is 0.244. The van der Waals surface area contributed by atoms with Gasteiger partial charge in [-0.3, -0.25) is 4.55 Å². The third-order valence-electron chi connectivity index (χ3n) is 8.59. The lowest BCUT2D eigenvalue weighted by Gasteiger charge is -2.25. The van der Waals surface area contributed by atoms with Gasteiger partial charge in [0, 0.05) is 75.0 Å². The normalized spacial score (nSPS) is 12.4. The van der Waals surface area contributed by atoms with Crippen LogP contribution in [0.25, 0.3) is 33.4 Å². The molecule has 0 bridgehead atoms. The zero-order valence-corrected chi connectivity index (χ0v) is 30.9. The van der Waals surface area contributed by atoms with Crippen LogP contribution in [0.3, 0.4) is 0 Å². The highest BCUT2D eigenvalue weighted by Crippen LogP contribution is 2.43. The van der Waals surface area contributed by atoms with Crippen molar-refractivity contribution >= 4 is 50.3 Å². The number of fused-ring (bicyclic) bond motifs is 2. The van der Waals surface area contributed by atoms with Crippen molar-refractivity contribution in [2.24, 2.45) is 0 Å². The van der Waals surface area contributed by atoms with Gasteiger partial charge in [-0.05, 0) is 55.0 Å². The van der Waals surface area contributed by atoms with Gasteiger partial charge >= 0.3 is 0 Å². The molecule has 50 heavy (non-hydrogen) atoms.